The van der Waals surface area contributed by atoms with Crippen molar-refractivity contribution >= 4 is 10.9 Å². The highest BCUT2D eigenvalue weighted by atomic mass is 19.4. The number of benzene rings is 1. The number of nitrogens with zero attached hydrogens (tertiary/aromatic N) is 6. The Balaban J connectivity index is 1.40. The zero-order valence-electron chi connectivity index (χ0n) is 21.4. The predicted octanol–water partition coefficient (Wildman–Crippen LogP) is 5.76. The number of pyridine rings is 1. The molecule has 1 aliphatic heterocycles. The van der Waals surface area contributed by atoms with Crippen LogP contribution < -0.4 is 4.74 Å². The fourth-order valence-corrected chi connectivity index (χ4v) is 5.16. The second kappa shape index (κ2) is 10.3. The van der Waals surface area contributed by atoms with Crippen molar-refractivity contribution in [1.82, 2.24) is 29.9 Å². The summed E-state index contributed by atoms with van der Waals surface area (Å²) in [5, 5.41) is 14.4. The third kappa shape index (κ3) is 4.94. The van der Waals surface area contributed by atoms with Crippen molar-refractivity contribution in [2.24, 2.45) is 0 Å². The summed E-state index contributed by atoms with van der Waals surface area (Å²) in [7, 11) is 0. The largest absolute Gasteiger partial charge is 0.494 e. The zero-order chi connectivity index (χ0) is 27.0. The van der Waals surface area contributed by atoms with Crippen LogP contribution in [-0.4, -0.2) is 49.6 Å². The monoisotopic (exact) mass is 528 g/mol. The van der Waals surface area contributed by atoms with Gasteiger partial charge in [-0.25, -0.2) is 9.07 Å². The Morgan fingerprint density at radius 1 is 1.08 bits per heavy atom. The Kier molecular flexibility index (Phi) is 7.04. The quantitative estimate of drug-likeness (QED) is 0.296. The highest BCUT2D eigenvalue weighted by molar-refractivity contribution is 5.86. The standard InChI is InChI=1S/C27H28F4N6O/c1-4-38-19-7-8-23(21(28)14-19)37-17(3)24-16(2)33-34-25(26(24)35-37)18-9-12-36(13-10-18)15-22-20(27(29,30)31)6-5-11-32-22/h5-8,11,14,18H,4,9-10,12-13,15H2,1-3H3. The summed E-state index contributed by atoms with van der Waals surface area (Å²) in [6.45, 7) is 7.29. The molecule has 7 nitrogen and oxygen atoms in total. The first-order valence-electron chi connectivity index (χ1n) is 12.6. The molecule has 0 aliphatic carbocycles. The SMILES string of the molecule is CCOc1ccc(-n2nc3c(C4CCN(Cc5ncccc5C(F)(F)F)CC4)nnc(C)c3c2C)c(F)c1. The first-order chi connectivity index (χ1) is 18.2. The number of hydrogen-bond donors (Lipinski definition) is 0. The summed E-state index contributed by atoms with van der Waals surface area (Å²) in [6, 6.07) is 7.07. The van der Waals surface area contributed by atoms with E-state index in [0.29, 0.717) is 55.2 Å². The number of fused-ring (bicyclic) bond motifs is 1. The number of piperidine rings is 1. The predicted molar refractivity (Wildman–Crippen MR) is 134 cm³/mol. The van der Waals surface area contributed by atoms with Gasteiger partial charge in [-0.05, 0) is 71.0 Å². The maximum atomic E-state index is 15.0. The molecule has 0 spiro atoms. The van der Waals surface area contributed by atoms with Crippen molar-refractivity contribution in [2.45, 2.75) is 52.3 Å². The van der Waals surface area contributed by atoms with Crippen LogP contribution in [0.25, 0.3) is 16.6 Å². The Labute approximate surface area is 217 Å². The summed E-state index contributed by atoms with van der Waals surface area (Å²) >= 11 is 0. The second-order valence-corrected chi connectivity index (χ2v) is 9.48. The van der Waals surface area contributed by atoms with Crippen molar-refractivity contribution in [3.63, 3.8) is 0 Å². The molecule has 0 amide bonds. The zero-order valence-corrected chi connectivity index (χ0v) is 21.4. The topological polar surface area (TPSA) is 69.0 Å². The Morgan fingerprint density at radius 2 is 1.84 bits per heavy atom. The van der Waals surface area contributed by atoms with Crippen molar-refractivity contribution in [2.75, 3.05) is 19.7 Å². The van der Waals surface area contributed by atoms with Gasteiger partial charge < -0.3 is 4.74 Å². The van der Waals surface area contributed by atoms with Gasteiger partial charge in [0.25, 0.3) is 0 Å². The molecule has 0 unspecified atom stereocenters. The number of aryl methyl sites for hydroxylation is 2. The average Bonchev–Trinajstić information content (AvgIpc) is 3.22. The van der Waals surface area contributed by atoms with Gasteiger partial charge in [0, 0.05) is 30.1 Å². The molecule has 0 N–H and O–H groups in total. The molecule has 1 fully saturated rings. The Morgan fingerprint density at radius 3 is 2.53 bits per heavy atom. The lowest BCUT2D eigenvalue weighted by Crippen LogP contribution is -2.34. The van der Waals surface area contributed by atoms with Gasteiger partial charge in [0.1, 0.15) is 17.0 Å². The van der Waals surface area contributed by atoms with Crippen molar-refractivity contribution < 1.29 is 22.3 Å². The van der Waals surface area contributed by atoms with E-state index in [2.05, 4.69) is 15.2 Å². The minimum Gasteiger partial charge on any atom is -0.494 e. The fraction of sp³-hybridized carbons (Fsp3) is 0.407. The summed E-state index contributed by atoms with van der Waals surface area (Å²) in [5.41, 5.74) is 2.49. The lowest BCUT2D eigenvalue weighted by atomic mass is 9.91. The number of halogens is 4. The van der Waals surface area contributed by atoms with Gasteiger partial charge in [0.05, 0.1) is 34.9 Å². The van der Waals surface area contributed by atoms with E-state index in [9.17, 15) is 17.6 Å². The number of aromatic nitrogens is 5. The van der Waals surface area contributed by atoms with E-state index < -0.39 is 17.6 Å². The van der Waals surface area contributed by atoms with Gasteiger partial charge in [0.2, 0.25) is 0 Å². The van der Waals surface area contributed by atoms with E-state index >= 15 is 0 Å². The van der Waals surface area contributed by atoms with Crippen molar-refractivity contribution in [3.05, 3.63) is 70.7 Å². The van der Waals surface area contributed by atoms with Gasteiger partial charge >= 0.3 is 6.18 Å². The molecule has 0 radical (unpaired) electrons. The smallest absolute Gasteiger partial charge is 0.418 e. The minimum absolute atomic E-state index is 0.0283. The molecule has 4 aromatic rings. The third-order valence-corrected chi connectivity index (χ3v) is 7.03. The molecule has 11 heteroatoms. The van der Waals surface area contributed by atoms with E-state index in [1.807, 2.05) is 25.7 Å². The number of likely N-dealkylation sites (tertiary alicyclic amines) is 1. The molecule has 4 heterocycles. The molecule has 5 rings (SSSR count). The Bertz CT molecular complexity index is 1460. The van der Waals surface area contributed by atoms with Crippen molar-refractivity contribution in [3.8, 4) is 11.4 Å². The molecule has 1 aromatic carbocycles. The van der Waals surface area contributed by atoms with Gasteiger partial charge in [-0.2, -0.15) is 28.5 Å². The lowest BCUT2D eigenvalue weighted by molar-refractivity contribution is -0.138. The molecule has 0 saturated carbocycles. The molecule has 1 aliphatic rings. The Hall–Kier alpha value is -3.60. The van der Waals surface area contributed by atoms with Crippen LogP contribution in [0.3, 0.4) is 0 Å². The van der Waals surface area contributed by atoms with Crippen molar-refractivity contribution in [1.29, 1.82) is 0 Å². The molecule has 0 atom stereocenters. The molecule has 200 valence electrons. The average molecular weight is 529 g/mol. The number of ether oxygens (including phenoxy) is 1. The maximum Gasteiger partial charge on any atom is 0.418 e. The summed E-state index contributed by atoms with van der Waals surface area (Å²) in [4.78, 5) is 5.97. The van der Waals surface area contributed by atoms with E-state index in [-0.39, 0.29) is 18.2 Å². The van der Waals surface area contributed by atoms with Crippen LogP contribution in [0.15, 0.2) is 36.5 Å². The first kappa shape index (κ1) is 26.0. The van der Waals surface area contributed by atoms with Crippen LogP contribution in [0.2, 0.25) is 0 Å². The third-order valence-electron chi connectivity index (χ3n) is 7.03. The molecular weight excluding hydrogens is 500 g/mol. The van der Waals surface area contributed by atoms with Crippen LogP contribution >= 0.6 is 0 Å². The molecule has 38 heavy (non-hydrogen) atoms. The molecule has 1 saturated heterocycles. The second-order valence-electron chi connectivity index (χ2n) is 9.48. The van der Waals surface area contributed by atoms with E-state index in [4.69, 9.17) is 9.84 Å². The number of hydrogen-bond acceptors (Lipinski definition) is 6. The van der Waals surface area contributed by atoms with Crippen LogP contribution in [0.1, 0.15) is 54.0 Å². The lowest BCUT2D eigenvalue weighted by Gasteiger charge is -2.31. The molecule has 3 aromatic heterocycles. The summed E-state index contributed by atoms with van der Waals surface area (Å²) < 4.78 is 62.1. The summed E-state index contributed by atoms with van der Waals surface area (Å²) in [6.07, 6.45) is -1.68. The van der Waals surface area contributed by atoms with Gasteiger partial charge in [-0.3, -0.25) is 9.88 Å². The van der Waals surface area contributed by atoms with Crippen LogP contribution in [0.5, 0.6) is 5.75 Å². The first-order valence-corrected chi connectivity index (χ1v) is 12.6. The van der Waals surface area contributed by atoms with E-state index in [0.717, 1.165) is 22.8 Å². The van der Waals surface area contributed by atoms with Gasteiger partial charge in [-0.15, -0.1) is 0 Å². The number of alkyl halides is 3. The van der Waals surface area contributed by atoms with Gasteiger partial charge in [0.15, 0.2) is 5.82 Å². The van der Waals surface area contributed by atoms with E-state index in [1.54, 1.807) is 16.8 Å². The molecule has 0 bridgehead atoms. The fourth-order valence-electron chi connectivity index (χ4n) is 5.16. The van der Waals surface area contributed by atoms with Crippen LogP contribution in [0, 0.1) is 19.7 Å². The maximum absolute atomic E-state index is 15.0. The van der Waals surface area contributed by atoms with Crippen LogP contribution in [-0.2, 0) is 12.7 Å². The van der Waals surface area contributed by atoms with Crippen LogP contribution in [0.4, 0.5) is 17.6 Å². The highest BCUT2D eigenvalue weighted by Crippen LogP contribution is 2.36. The highest BCUT2D eigenvalue weighted by Gasteiger charge is 2.35. The van der Waals surface area contributed by atoms with Gasteiger partial charge in [-0.1, -0.05) is 0 Å². The van der Waals surface area contributed by atoms with E-state index in [1.165, 1.54) is 18.3 Å². The summed E-state index contributed by atoms with van der Waals surface area (Å²) in [5.74, 6) is 0.0248. The molecular formula is C27H28F4N6O. The minimum atomic E-state index is -4.44. The normalized spacial score (nSPS) is 15.3. The number of rotatable bonds is 6.